The summed E-state index contributed by atoms with van der Waals surface area (Å²) < 4.78 is 38.7. The SMILES string of the molecule is CC1C(=O)C(c2ccc(N(CCOCC(=O)ON3C(=O)CCC3=O)CCn3cc(C[N+](C)(C)CCCS(=O)(=O)O)nn3)cc2)C1=O. The number of Topliss-reactive ketones (excluding diaryl/α,β-unsaturated/α-hetero) is 2. The van der Waals surface area contributed by atoms with E-state index in [2.05, 4.69) is 10.3 Å². The normalized spacial score (nSPS) is 18.7. The van der Waals surface area contributed by atoms with Crippen molar-refractivity contribution >= 4 is 45.2 Å². The van der Waals surface area contributed by atoms with Crippen LogP contribution in [-0.2, 0) is 56.8 Å². The first-order valence-electron chi connectivity index (χ1n) is 14.9. The molecular weight excluding hydrogens is 624 g/mol. The Morgan fingerprint density at radius 2 is 1.72 bits per heavy atom. The molecule has 2 heterocycles. The number of carbonyl (C=O) groups is 5. The van der Waals surface area contributed by atoms with E-state index in [1.165, 1.54) is 0 Å². The lowest BCUT2D eigenvalue weighted by Crippen LogP contribution is -2.44. The van der Waals surface area contributed by atoms with Crippen molar-refractivity contribution in [3.05, 3.63) is 41.7 Å². The maximum Gasteiger partial charge on any atom is 0.358 e. The van der Waals surface area contributed by atoms with Crippen molar-refractivity contribution in [1.29, 1.82) is 0 Å². The number of benzene rings is 1. The summed E-state index contributed by atoms with van der Waals surface area (Å²) in [4.78, 5) is 66.7. The van der Waals surface area contributed by atoms with E-state index in [0.29, 0.717) is 59.9 Å². The van der Waals surface area contributed by atoms with Crippen LogP contribution in [0.5, 0.6) is 0 Å². The highest BCUT2D eigenvalue weighted by atomic mass is 32.2. The van der Waals surface area contributed by atoms with Gasteiger partial charge in [0.25, 0.3) is 21.9 Å². The predicted molar refractivity (Wildman–Crippen MR) is 160 cm³/mol. The summed E-state index contributed by atoms with van der Waals surface area (Å²) in [7, 11) is -0.169. The Labute approximate surface area is 266 Å². The largest absolute Gasteiger partial charge is 0.368 e. The summed E-state index contributed by atoms with van der Waals surface area (Å²) in [6, 6.07) is 7.09. The number of amides is 2. The number of carbonyl (C=O) groups excluding carboxylic acids is 5. The van der Waals surface area contributed by atoms with Crippen LogP contribution in [0.1, 0.15) is 43.4 Å². The summed E-state index contributed by atoms with van der Waals surface area (Å²) in [6.07, 6.45) is 2.07. The Morgan fingerprint density at radius 1 is 1.07 bits per heavy atom. The summed E-state index contributed by atoms with van der Waals surface area (Å²) in [6.45, 7) is 3.41. The second-order valence-electron chi connectivity index (χ2n) is 12.1. The van der Waals surface area contributed by atoms with Crippen LogP contribution in [0.2, 0.25) is 0 Å². The van der Waals surface area contributed by atoms with Crippen molar-refractivity contribution < 1.29 is 51.0 Å². The molecule has 1 aliphatic carbocycles. The van der Waals surface area contributed by atoms with E-state index in [4.69, 9.17) is 14.1 Å². The standard InChI is InChI=1S/C29H38N6O10S/c1-20-28(39)27(29(20)40)21-5-7-23(8-6-21)32(13-15-44-19-26(38)45-34-24(36)9-10-25(34)37)11-12-33-17-22(30-31-33)18-35(2,3)14-4-16-46(41,42)43/h5-8,17,20,27H,4,9-16,18-19H2,1-3H3/p+1. The molecule has 1 aromatic carbocycles. The molecular formula is C29H39N6O10S+. The van der Waals surface area contributed by atoms with Gasteiger partial charge in [-0.3, -0.25) is 28.4 Å². The zero-order valence-corrected chi connectivity index (χ0v) is 26.8. The fraction of sp³-hybridized carbons (Fsp3) is 0.552. The Hall–Kier alpha value is -4.06. The second-order valence-corrected chi connectivity index (χ2v) is 13.6. The van der Waals surface area contributed by atoms with Crippen molar-refractivity contribution in [2.24, 2.45) is 5.92 Å². The number of rotatable bonds is 17. The minimum atomic E-state index is -4.02. The van der Waals surface area contributed by atoms with Gasteiger partial charge < -0.3 is 19.0 Å². The molecule has 0 radical (unpaired) electrons. The average molecular weight is 664 g/mol. The monoisotopic (exact) mass is 663 g/mol. The Kier molecular flexibility index (Phi) is 11.0. The van der Waals surface area contributed by atoms with Crippen molar-refractivity contribution in [2.45, 2.75) is 45.2 Å². The van der Waals surface area contributed by atoms with Crippen LogP contribution in [0.4, 0.5) is 5.69 Å². The van der Waals surface area contributed by atoms with E-state index < -0.39 is 46.3 Å². The number of quaternary nitrogens is 1. The number of ether oxygens (including phenoxy) is 1. The van der Waals surface area contributed by atoms with Crippen LogP contribution < -0.4 is 4.90 Å². The summed E-state index contributed by atoms with van der Waals surface area (Å²) in [5.41, 5.74) is 2.10. The number of aromatic nitrogens is 3. The molecule has 1 saturated heterocycles. The van der Waals surface area contributed by atoms with Gasteiger partial charge in [0.05, 0.1) is 51.7 Å². The van der Waals surface area contributed by atoms with E-state index >= 15 is 0 Å². The number of nitrogens with zero attached hydrogens (tertiary/aromatic N) is 6. The quantitative estimate of drug-likeness (QED) is 0.0790. The molecule has 0 unspecified atom stereocenters. The minimum absolute atomic E-state index is 0.00990. The van der Waals surface area contributed by atoms with Crippen molar-refractivity contribution in [3.63, 3.8) is 0 Å². The van der Waals surface area contributed by atoms with E-state index in [-0.39, 0.29) is 36.8 Å². The molecule has 1 aromatic heterocycles. The number of anilines is 1. The Morgan fingerprint density at radius 3 is 2.35 bits per heavy atom. The van der Waals surface area contributed by atoms with Crippen molar-refractivity contribution in [3.8, 4) is 0 Å². The molecule has 46 heavy (non-hydrogen) atoms. The van der Waals surface area contributed by atoms with Gasteiger partial charge in [-0.25, -0.2) is 4.79 Å². The van der Waals surface area contributed by atoms with Gasteiger partial charge in [-0.1, -0.05) is 17.3 Å². The third-order valence-electron chi connectivity index (χ3n) is 7.88. The van der Waals surface area contributed by atoms with Crippen molar-refractivity contribution in [2.75, 3.05) is 57.6 Å². The molecule has 0 spiro atoms. The molecule has 0 bridgehead atoms. The van der Waals surface area contributed by atoms with Gasteiger partial charge in [-0.05, 0) is 24.6 Å². The lowest BCUT2D eigenvalue weighted by molar-refractivity contribution is -0.903. The molecule has 1 aliphatic heterocycles. The highest BCUT2D eigenvalue weighted by Crippen LogP contribution is 2.34. The Balaban J connectivity index is 1.35. The molecule has 17 heteroatoms. The third kappa shape index (κ3) is 9.24. The number of hydrogen-bond acceptors (Lipinski definition) is 12. The van der Waals surface area contributed by atoms with E-state index in [9.17, 15) is 32.4 Å². The van der Waals surface area contributed by atoms with Crippen LogP contribution in [0.15, 0.2) is 30.5 Å². The zero-order chi connectivity index (χ0) is 33.6. The lowest BCUT2D eigenvalue weighted by Gasteiger charge is -2.30. The first kappa shape index (κ1) is 34.8. The maximum absolute atomic E-state index is 12.2. The molecule has 2 aromatic rings. The summed E-state index contributed by atoms with van der Waals surface area (Å²) in [5, 5.41) is 8.92. The average Bonchev–Trinajstić information content (AvgIpc) is 3.56. The van der Waals surface area contributed by atoms with Crippen LogP contribution in [0.3, 0.4) is 0 Å². The van der Waals surface area contributed by atoms with Gasteiger partial charge in [0.15, 0.2) is 11.6 Å². The summed E-state index contributed by atoms with van der Waals surface area (Å²) in [5.74, 6) is -3.88. The number of ketones is 2. The lowest BCUT2D eigenvalue weighted by atomic mass is 9.70. The summed E-state index contributed by atoms with van der Waals surface area (Å²) >= 11 is 0. The minimum Gasteiger partial charge on any atom is -0.368 e. The topological polar surface area (TPSA) is 195 Å². The van der Waals surface area contributed by atoms with Gasteiger partial charge in [-0.15, -0.1) is 10.2 Å². The highest BCUT2D eigenvalue weighted by molar-refractivity contribution is 7.85. The van der Waals surface area contributed by atoms with Crippen LogP contribution >= 0.6 is 0 Å². The predicted octanol–water partition coefficient (Wildman–Crippen LogP) is 0.134. The Bertz CT molecular complexity index is 1540. The maximum atomic E-state index is 12.2. The number of hydrogen-bond donors (Lipinski definition) is 1. The van der Waals surface area contributed by atoms with Gasteiger partial charge in [0.1, 0.15) is 24.8 Å². The van der Waals surface area contributed by atoms with Crippen LogP contribution in [-0.4, -0.2) is 120 Å². The van der Waals surface area contributed by atoms with Crippen LogP contribution in [0, 0.1) is 5.92 Å². The van der Waals surface area contributed by atoms with Gasteiger partial charge in [0, 0.05) is 38.0 Å². The molecule has 0 atom stereocenters. The first-order chi connectivity index (χ1) is 21.6. The van der Waals surface area contributed by atoms with Gasteiger partial charge in [-0.2, -0.15) is 8.42 Å². The van der Waals surface area contributed by atoms with Gasteiger partial charge >= 0.3 is 5.97 Å². The van der Waals surface area contributed by atoms with Crippen LogP contribution in [0.25, 0.3) is 0 Å². The molecule has 2 aliphatic rings. The molecule has 16 nitrogen and oxygen atoms in total. The smallest absolute Gasteiger partial charge is 0.358 e. The zero-order valence-electron chi connectivity index (χ0n) is 26.0. The molecule has 1 saturated carbocycles. The fourth-order valence-electron chi connectivity index (χ4n) is 5.31. The molecule has 4 rings (SSSR count). The van der Waals surface area contributed by atoms with E-state index in [1.54, 1.807) is 42.1 Å². The van der Waals surface area contributed by atoms with E-state index in [1.807, 2.05) is 19.0 Å². The van der Waals surface area contributed by atoms with E-state index in [0.717, 1.165) is 5.69 Å². The molecule has 1 N–H and O–H groups in total. The number of hydroxylamine groups is 2. The highest BCUT2D eigenvalue weighted by Gasteiger charge is 2.46. The first-order valence-corrected chi connectivity index (χ1v) is 16.5. The number of imide groups is 1. The second kappa shape index (κ2) is 14.6. The molecule has 250 valence electrons. The van der Waals surface area contributed by atoms with Gasteiger partial charge in [0.2, 0.25) is 0 Å². The molecule has 2 fully saturated rings. The third-order valence-corrected chi connectivity index (χ3v) is 8.68. The molecule has 2 amide bonds. The van der Waals surface area contributed by atoms with Crippen molar-refractivity contribution in [1.82, 2.24) is 20.1 Å². The fourth-order valence-corrected chi connectivity index (χ4v) is 5.81.